The van der Waals surface area contributed by atoms with E-state index in [9.17, 15) is 4.79 Å². The fraction of sp³-hybridized carbons (Fsp3) is 0.167. The van der Waals surface area contributed by atoms with Crippen molar-refractivity contribution >= 4 is 5.78 Å². The van der Waals surface area contributed by atoms with Crippen LogP contribution in [0.4, 0.5) is 0 Å². The van der Waals surface area contributed by atoms with Gasteiger partial charge in [-0.2, -0.15) is 4.52 Å². The first-order valence-electron chi connectivity index (χ1n) is 4.40. The van der Waals surface area contributed by atoms with Crippen LogP contribution in [0.15, 0.2) is 17.2 Å². The van der Waals surface area contributed by atoms with Crippen molar-refractivity contribution < 1.29 is 102 Å². The molecule has 167 valence electrons. The second-order valence-electron chi connectivity index (χ2n) is 3.01. The summed E-state index contributed by atoms with van der Waals surface area (Å²) < 4.78 is 69.2. The van der Waals surface area contributed by atoms with Crippen molar-refractivity contribution in [1.29, 1.82) is 0 Å². The minimum atomic E-state index is -4.94. The SMILES string of the molecule is Cc1cc(=O)n2[nH]cnc2n1.O.O.O.O.O.[Co+2].[O-][Cl+3]([O-])([O-])[O-].[O-][Cl+3]([O-])([O-])[O-]. The van der Waals surface area contributed by atoms with Crippen molar-refractivity contribution in [3.8, 4) is 0 Å². The van der Waals surface area contributed by atoms with E-state index in [1.54, 1.807) is 6.92 Å². The molecule has 27 heavy (non-hydrogen) atoms. The minimum absolute atomic E-state index is 0. The van der Waals surface area contributed by atoms with Crippen molar-refractivity contribution in [1.82, 2.24) is 19.6 Å². The zero-order chi connectivity index (χ0) is 16.8. The number of aromatic amines is 1. The van der Waals surface area contributed by atoms with Gasteiger partial charge in [-0.15, -0.1) is 20.5 Å². The Balaban J connectivity index is -0.0000000445. The number of hydrogen-bond donors (Lipinski definition) is 1. The summed E-state index contributed by atoms with van der Waals surface area (Å²) in [6.07, 6.45) is 1.43. The molecule has 0 saturated carbocycles. The van der Waals surface area contributed by atoms with Crippen LogP contribution in [-0.2, 0) is 16.8 Å². The van der Waals surface area contributed by atoms with Crippen LogP contribution in [0, 0.1) is 27.4 Å². The summed E-state index contributed by atoms with van der Waals surface area (Å²) in [5.41, 5.74) is 0.548. The van der Waals surface area contributed by atoms with Crippen molar-refractivity contribution in [2.24, 2.45) is 0 Å². The van der Waals surface area contributed by atoms with E-state index in [4.69, 9.17) is 37.3 Å². The van der Waals surface area contributed by atoms with Gasteiger partial charge in [0.15, 0.2) is 0 Å². The normalized spacial score (nSPS) is 8.78. The maximum Gasteiger partial charge on any atom is 2.00 e. The van der Waals surface area contributed by atoms with Gasteiger partial charge >= 0.3 is 16.8 Å². The van der Waals surface area contributed by atoms with Crippen molar-refractivity contribution in [2.75, 3.05) is 0 Å². The molecule has 18 nitrogen and oxygen atoms in total. The van der Waals surface area contributed by atoms with E-state index in [1.807, 2.05) is 0 Å². The van der Waals surface area contributed by atoms with Crippen molar-refractivity contribution in [3.63, 3.8) is 0 Å². The molecule has 0 atom stereocenters. The number of aryl methyl sites for hydroxylation is 1. The van der Waals surface area contributed by atoms with Crippen LogP contribution in [0.5, 0.6) is 0 Å². The minimum Gasteiger partial charge on any atom is -0.412 e. The monoisotopic (exact) mass is 497 g/mol. The molecule has 0 fully saturated rings. The standard InChI is InChI=1S/C6H6N4O.2ClHO4.Co.5H2O/c1-4-2-5(11)10-6(9-4)7-3-8-10;2*2-1(3,4)5;;;;;;/h2-3H,1H3,(H,7,8,9);2*(H,2,3,4,5);;5*1H2/q;;;+2;;;;;/p-2. The Morgan fingerprint density at radius 1 is 0.889 bits per heavy atom. The molecule has 0 unspecified atom stereocenters. The molecule has 0 saturated heterocycles. The average Bonchev–Trinajstić information content (AvgIpc) is 2.59. The second-order valence-corrected chi connectivity index (χ2v) is 4.53. The first-order valence-corrected chi connectivity index (χ1v) is 6.87. The molecule has 0 amide bonds. The van der Waals surface area contributed by atoms with Crippen LogP contribution in [0.25, 0.3) is 5.78 Å². The Labute approximate surface area is 163 Å². The number of hydrogen-bond acceptors (Lipinski definition) is 11. The molecule has 0 aliphatic heterocycles. The summed E-state index contributed by atoms with van der Waals surface area (Å²) in [6, 6.07) is 1.45. The summed E-state index contributed by atoms with van der Waals surface area (Å²) in [5, 5.41) is 2.65. The van der Waals surface area contributed by atoms with Gasteiger partial charge < -0.3 is 27.4 Å². The van der Waals surface area contributed by atoms with E-state index < -0.39 is 20.5 Å². The van der Waals surface area contributed by atoms with Gasteiger partial charge in [-0.3, -0.25) is 9.89 Å². The van der Waals surface area contributed by atoms with Gasteiger partial charge in [-0.1, -0.05) is 0 Å². The zero-order valence-corrected chi connectivity index (χ0v) is 15.3. The van der Waals surface area contributed by atoms with Gasteiger partial charge in [0.2, 0.25) is 0 Å². The van der Waals surface area contributed by atoms with Crippen LogP contribution >= 0.6 is 0 Å². The molecule has 11 N–H and O–H groups in total. The summed E-state index contributed by atoms with van der Waals surface area (Å²) in [7, 11) is -9.89. The molecule has 1 radical (unpaired) electrons. The molecular weight excluding hydrogens is 482 g/mol. The summed E-state index contributed by atoms with van der Waals surface area (Å²) in [5.74, 6) is 0.412. The maximum absolute atomic E-state index is 11.1. The molecule has 0 aliphatic carbocycles. The van der Waals surface area contributed by atoms with Gasteiger partial charge in [-0.25, -0.2) is 47.2 Å². The zero-order valence-electron chi connectivity index (χ0n) is 12.8. The van der Waals surface area contributed by atoms with Crippen LogP contribution in [-0.4, -0.2) is 47.0 Å². The molecule has 2 rings (SSSR count). The van der Waals surface area contributed by atoms with E-state index in [0.717, 1.165) is 0 Å². The summed E-state index contributed by atoms with van der Waals surface area (Å²) in [6.45, 7) is 1.76. The molecule has 0 bridgehead atoms. The third kappa shape index (κ3) is 29.9. The van der Waals surface area contributed by atoms with Crippen LogP contribution in [0.1, 0.15) is 5.69 Å². The van der Waals surface area contributed by atoms with Gasteiger partial charge in [0, 0.05) is 11.8 Å². The van der Waals surface area contributed by atoms with Crippen molar-refractivity contribution in [2.45, 2.75) is 6.92 Å². The Morgan fingerprint density at radius 2 is 1.22 bits per heavy atom. The van der Waals surface area contributed by atoms with E-state index in [1.165, 1.54) is 16.9 Å². The summed E-state index contributed by atoms with van der Waals surface area (Å²) in [4.78, 5) is 19.0. The molecule has 2 aromatic heterocycles. The Hall–Kier alpha value is -1.08. The van der Waals surface area contributed by atoms with E-state index in [2.05, 4.69) is 15.1 Å². The Bertz CT molecular complexity index is 602. The van der Waals surface area contributed by atoms with Crippen molar-refractivity contribution in [3.05, 3.63) is 28.4 Å². The number of fused-ring (bicyclic) bond motifs is 1. The smallest absolute Gasteiger partial charge is 0.412 e. The molecule has 2 heterocycles. The van der Waals surface area contributed by atoms with Gasteiger partial charge in [-0.05, 0) is 6.92 Å². The maximum atomic E-state index is 11.1. The van der Waals surface area contributed by atoms with Crippen LogP contribution in [0.2, 0.25) is 0 Å². The fourth-order valence-corrected chi connectivity index (χ4v) is 0.934. The number of aromatic nitrogens is 4. The first kappa shape index (κ1) is 45.0. The third-order valence-corrected chi connectivity index (χ3v) is 1.40. The molecule has 0 aromatic carbocycles. The fourth-order valence-electron chi connectivity index (χ4n) is 0.934. The molecule has 21 heteroatoms. The third-order valence-electron chi connectivity index (χ3n) is 1.40. The quantitative estimate of drug-likeness (QED) is 0.355. The van der Waals surface area contributed by atoms with Gasteiger partial charge in [0.05, 0.1) is 0 Å². The number of halogens is 2. The van der Waals surface area contributed by atoms with Gasteiger partial charge in [0.1, 0.15) is 6.33 Å². The molecule has 0 spiro atoms. The Kier molecular flexibility index (Phi) is 30.5. The number of nitrogens with zero attached hydrogens (tertiary/aromatic N) is 3. The molecule has 2 aromatic rings. The first-order chi connectivity index (χ1) is 9.27. The topological polar surface area (TPSA) is 405 Å². The largest absolute Gasteiger partial charge is 2.00 e. The average molecular weight is 498 g/mol. The number of rotatable bonds is 0. The van der Waals surface area contributed by atoms with E-state index in [-0.39, 0.29) is 49.7 Å². The predicted molar refractivity (Wildman–Crippen MR) is 56.4 cm³/mol. The predicted octanol–water partition coefficient (Wildman–Crippen LogP) is -13.9. The van der Waals surface area contributed by atoms with Crippen LogP contribution < -0.4 is 42.8 Å². The van der Waals surface area contributed by atoms with Crippen LogP contribution in [0.3, 0.4) is 0 Å². The number of H-pyrrole nitrogens is 1. The van der Waals surface area contributed by atoms with E-state index in [0.29, 0.717) is 11.5 Å². The Morgan fingerprint density at radius 3 is 1.56 bits per heavy atom. The van der Waals surface area contributed by atoms with E-state index >= 15 is 0 Å². The van der Waals surface area contributed by atoms with Gasteiger partial charge in [0.25, 0.3) is 11.3 Å². The molecule has 0 aliphatic rings. The summed E-state index contributed by atoms with van der Waals surface area (Å²) >= 11 is 0. The molecular formula is C6H16Cl2CoN4O14. The second kappa shape index (κ2) is 18.3. The number of nitrogens with one attached hydrogen (secondary N) is 1.